The van der Waals surface area contributed by atoms with Crippen LogP contribution in [0, 0.1) is 6.92 Å². The molecule has 1 aliphatic heterocycles. The molecule has 1 aromatic carbocycles. The lowest BCUT2D eigenvalue weighted by Gasteiger charge is -2.22. The average Bonchev–Trinajstić information content (AvgIpc) is 3.30. The molecule has 1 aromatic heterocycles. The maximum absolute atomic E-state index is 12.6. The van der Waals surface area contributed by atoms with Crippen LogP contribution in [0.15, 0.2) is 41.7 Å². The second kappa shape index (κ2) is 11.2. The van der Waals surface area contributed by atoms with Crippen molar-refractivity contribution in [2.75, 3.05) is 31.6 Å². The highest BCUT2D eigenvalue weighted by Gasteiger charge is 2.25. The van der Waals surface area contributed by atoms with E-state index in [0.717, 1.165) is 25.1 Å². The van der Waals surface area contributed by atoms with Gasteiger partial charge < -0.3 is 20.3 Å². The number of aromatic nitrogens is 2. The van der Waals surface area contributed by atoms with Crippen molar-refractivity contribution < 1.29 is 13.5 Å². The Bertz CT molecular complexity index is 801. The Kier molecular flexibility index (Phi) is 8.93. The normalized spacial score (nSPS) is 16.7. The quantitative estimate of drug-likeness (QED) is 0.334. The van der Waals surface area contributed by atoms with Crippen molar-refractivity contribution in [3.63, 3.8) is 0 Å². The van der Waals surface area contributed by atoms with Gasteiger partial charge in [0.1, 0.15) is 5.75 Å². The minimum Gasteiger partial charge on any atom is -0.433 e. The van der Waals surface area contributed by atoms with Crippen LogP contribution in [0.3, 0.4) is 0 Å². The van der Waals surface area contributed by atoms with Crippen molar-refractivity contribution in [1.29, 1.82) is 0 Å². The number of nitrogens with one attached hydrogen (secondary N) is 2. The number of ether oxygens (including phenoxy) is 1. The molecule has 2 aromatic rings. The third-order valence-corrected chi connectivity index (χ3v) is 4.57. The highest BCUT2D eigenvalue weighted by molar-refractivity contribution is 14.0. The number of hydrogen-bond acceptors (Lipinski definition) is 4. The van der Waals surface area contributed by atoms with Gasteiger partial charge in [-0.25, -0.2) is 0 Å². The lowest BCUT2D eigenvalue weighted by atomic mass is 10.2. The van der Waals surface area contributed by atoms with Crippen LogP contribution in [0.2, 0.25) is 0 Å². The molecule has 3 rings (SSSR count). The smallest absolute Gasteiger partial charge is 0.387 e. The zero-order chi connectivity index (χ0) is 19.9. The largest absolute Gasteiger partial charge is 0.433 e. The highest BCUT2D eigenvalue weighted by Crippen LogP contribution is 2.31. The number of benzene rings is 1. The molecule has 2 N–H and O–H groups in total. The van der Waals surface area contributed by atoms with E-state index in [1.165, 1.54) is 0 Å². The molecule has 0 aliphatic carbocycles. The van der Waals surface area contributed by atoms with Gasteiger partial charge in [0.25, 0.3) is 0 Å². The van der Waals surface area contributed by atoms with E-state index in [1.807, 2.05) is 30.1 Å². The number of alkyl halides is 2. The van der Waals surface area contributed by atoms with Gasteiger partial charge in [-0.1, -0.05) is 12.1 Å². The van der Waals surface area contributed by atoms with Gasteiger partial charge in [0.05, 0.1) is 18.4 Å². The monoisotopic (exact) mass is 520 g/mol. The first-order chi connectivity index (χ1) is 13.5. The van der Waals surface area contributed by atoms with E-state index in [0.29, 0.717) is 24.7 Å². The second-order valence-corrected chi connectivity index (χ2v) is 6.70. The van der Waals surface area contributed by atoms with Crippen LogP contribution in [0.25, 0.3) is 0 Å². The Balaban J connectivity index is 0.00000300. The minimum atomic E-state index is -2.83. The molecule has 0 radical (unpaired) electrons. The van der Waals surface area contributed by atoms with Gasteiger partial charge in [0.2, 0.25) is 0 Å². The second-order valence-electron chi connectivity index (χ2n) is 6.70. The van der Waals surface area contributed by atoms with Gasteiger partial charge in [0.15, 0.2) is 5.96 Å². The first-order valence-corrected chi connectivity index (χ1v) is 9.30. The number of halogens is 3. The van der Waals surface area contributed by atoms with E-state index >= 15 is 0 Å². The molecule has 1 atom stereocenters. The molecule has 160 valence electrons. The molecule has 29 heavy (non-hydrogen) atoms. The van der Waals surface area contributed by atoms with Crippen molar-refractivity contribution in [3.8, 4) is 5.75 Å². The number of hydrogen-bond donors (Lipinski definition) is 2. The van der Waals surface area contributed by atoms with Crippen molar-refractivity contribution in [2.45, 2.75) is 32.5 Å². The Morgan fingerprint density at radius 1 is 1.38 bits per heavy atom. The molecule has 0 amide bonds. The van der Waals surface area contributed by atoms with Crippen LogP contribution in [0.4, 0.5) is 14.5 Å². The Morgan fingerprint density at radius 3 is 2.86 bits per heavy atom. The summed E-state index contributed by atoms with van der Waals surface area (Å²) in [6.07, 6.45) is 4.70. The Hall–Kier alpha value is -2.11. The first-order valence-electron chi connectivity index (χ1n) is 9.30. The highest BCUT2D eigenvalue weighted by atomic mass is 127. The fourth-order valence-electron chi connectivity index (χ4n) is 3.28. The molecule has 0 bridgehead atoms. The molecule has 7 nitrogen and oxygen atoms in total. The zero-order valence-electron chi connectivity index (χ0n) is 16.5. The molecule has 1 fully saturated rings. The fraction of sp³-hybridized carbons (Fsp3) is 0.474. The van der Waals surface area contributed by atoms with E-state index in [2.05, 4.69) is 30.4 Å². The molecule has 1 unspecified atom stereocenters. The van der Waals surface area contributed by atoms with Crippen LogP contribution >= 0.6 is 24.0 Å². The first kappa shape index (κ1) is 23.2. The zero-order valence-corrected chi connectivity index (χ0v) is 18.8. The summed E-state index contributed by atoms with van der Waals surface area (Å²) in [5, 5.41) is 10.9. The minimum absolute atomic E-state index is 0. The summed E-state index contributed by atoms with van der Waals surface area (Å²) < 4.78 is 31.8. The van der Waals surface area contributed by atoms with Crippen molar-refractivity contribution >= 4 is 35.6 Å². The number of rotatable bonds is 7. The van der Waals surface area contributed by atoms with Crippen LogP contribution in [-0.4, -0.2) is 55.1 Å². The van der Waals surface area contributed by atoms with Crippen LogP contribution in [-0.2, 0) is 6.54 Å². The summed E-state index contributed by atoms with van der Waals surface area (Å²) >= 11 is 0. The summed E-state index contributed by atoms with van der Waals surface area (Å²) in [6, 6.07) is 7.06. The summed E-state index contributed by atoms with van der Waals surface area (Å²) in [5.74, 6) is 0.919. The maximum Gasteiger partial charge on any atom is 0.387 e. The lowest BCUT2D eigenvalue weighted by molar-refractivity contribution is -0.0495. The third kappa shape index (κ3) is 6.72. The van der Waals surface area contributed by atoms with Gasteiger partial charge in [-0.3, -0.25) is 9.67 Å². The van der Waals surface area contributed by atoms with Gasteiger partial charge in [-0.2, -0.15) is 13.9 Å². The van der Waals surface area contributed by atoms with Gasteiger partial charge in [-0.15, -0.1) is 24.0 Å². The van der Waals surface area contributed by atoms with Gasteiger partial charge in [-0.05, 0) is 31.0 Å². The molecule has 1 aliphatic rings. The van der Waals surface area contributed by atoms with Crippen LogP contribution in [0.5, 0.6) is 5.75 Å². The molecule has 0 saturated carbocycles. The van der Waals surface area contributed by atoms with Crippen LogP contribution < -0.4 is 20.3 Å². The number of para-hydroxylation sites is 2. The van der Waals surface area contributed by atoms with Gasteiger partial charge in [0, 0.05) is 38.9 Å². The van der Waals surface area contributed by atoms with Crippen molar-refractivity contribution in [2.24, 2.45) is 4.99 Å². The van der Waals surface area contributed by atoms with E-state index in [9.17, 15) is 8.78 Å². The molecule has 2 heterocycles. The predicted octanol–water partition coefficient (Wildman–Crippen LogP) is 2.85. The number of aliphatic imine (C=N–C) groups is 1. The van der Waals surface area contributed by atoms with E-state index in [-0.39, 0.29) is 35.8 Å². The number of nitrogens with zero attached hydrogens (tertiary/aromatic N) is 4. The summed E-state index contributed by atoms with van der Waals surface area (Å²) in [6.45, 7) is 2.05. The standard InChI is InChI=1S/C19H26F2N6O.HI/c1-14-11-24-27(12-14)10-8-23-19(22-2)25-15-7-9-26(13-15)16-5-3-4-6-17(16)28-18(20)21;/h3-6,11-12,15,18H,7-10,13H2,1-2H3,(H2,22,23,25);1H. The Morgan fingerprint density at radius 2 is 2.17 bits per heavy atom. The summed E-state index contributed by atoms with van der Waals surface area (Å²) in [7, 11) is 1.73. The van der Waals surface area contributed by atoms with Crippen molar-refractivity contribution in [1.82, 2.24) is 20.4 Å². The number of guanidine groups is 1. The summed E-state index contributed by atoms with van der Waals surface area (Å²) in [4.78, 5) is 6.32. The maximum atomic E-state index is 12.6. The SMILES string of the molecule is CN=C(NCCn1cc(C)cn1)NC1CCN(c2ccccc2OC(F)F)C1.I. The van der Waals surface area contributed by atoms with Gasteiger partial charge >= 0.3 is 6.61 Å². The third-order valence-electron chi connectivity index (χ3n) is 4.57. The van der Waals surface area contributed by atoms with E-state index < -0.39 is 6.61 Å². The average molecular weight is 520 g/mol. The molecule has 0 spiro atoms. The summed E-state index contributed by atoms with van der Waals surface area (Å²) in [5.41, 5.74) is 1.81. The Labute approximate surface area is 186 Å². The van der Waals surface area contributed by atoms with Crippen molar-refractivity contribution in [3.05, 3.63) is 42.2 Å². The predicted molar refractivity (Wildman–Crippen MR) is 121 cm³/mol. The topological polar surface area (TPSA) is 66.7 Å². The van der Waals surface area contributed by atoms with Crippen LogP contribution in [0.1, 0.15) is 12.0 Å². The molecular weight excluding hydrogens is 493 g/mol. The number of anilines is 1. The van der Waals surface area contributed by atoms with E-state index in [1.54, 1.807) is 25.2 Å². The molecule has 10 heteroatoms. The lowest BCUT2D eigenvalue weighted by Crippen LogP contribution is -2.45. The fourth-order valence-corrected chi connectivity index (χ4v) is 3.28. The molecular formula is C19H27F2IN6O. The van der Waals surface area contributed by atoms with E-state index in [4.69, 9.17) is 0 Å². The number of aryl methyl sites for hydroxylation is 1. The molecule has 1 saturated heterocycles.